The van der Waals surface area contributed by atoms with E-state index < -0.39 is 0 Å². The molecule has 3 N–H and O–H groups in total. The number of allylic oxidation sites excluding steroid dienone is 3. The first kappa shape index (κ1) is 21.8. The predicted octanol–water partition coefficient (Wildman–Crippen LogP) is 3.45. The van der Waals surface area contributed by atoms with Gasteiger partial charge >= 0.3 is 0 Å². The zero-order valence-corrected chi connectivity index (χ0v) is 17.2. The van der Waals surface area contributed by atoms with Gasteiger partial charge in [0.15, 0.2) is 0 Å². The number of carbonyl (C=O) groups is 1. The number of benzene rings is 1. The average molecular weight is 399 g/mol. The van der Waals surface area contributed by atoms with Gasteiger partial charge in [-0.1, -0.05) is 49.9 Å². The molecule has 1 aliphatic heterocycles. The van der Waals surface area contributed by atoms with E-state index >= 15 is 0 Å². The van der Waals surface area contributed by atoms with Gasteiger partial charge in [0.05, 0.1) is 24.1 Å². The van der Waals surface area contributed by atoms with E-state index in [1.54, 1.807) is 55.3 Å². The van der Waals surface area contributed by atoms with E-state index in [0.29, 0.717) is 28.0 Å². The Hall–Kier alpha value is -2.53. The Bertz CT molecular complexity index is 826. The third-order valence-corrected chi connectivity index (χ3v) is 5.37. The first-order valence-electron chi connectivity index (χ1n) is 9.13. The Kier molecular flexibility index (Phi) is 8.33. The van der Waals surface area contributed by atoms with Gasteiger partial charge in [0.1, 0.15) is 11.2 Å². The van der Waals surface area contributed by atoms with Crippen LogP contribution in [0.15, 0.2) is 48.6 Å². The average Bonchev–Trinajstić information content (AvgIpc) is 3.14. The lowest BCUT2D eigenvalue weighted by molar-refractivity contribution is -0.117. The molecule has 6 nitrogen and oxygen atoms in total. The van der Waals surface area contributed by atoms with Gasteiger partial charge in [-0.05, 0) is 37.1 Å². The molecule has 0 bridgehead atoms. The third-order valence-electron chi connectivity index (χ3n) is 4.18. The van der Waals surface area contributed by atoms with E-state index in [-0.39, 0.29) is 16.8 Å². The second-order valence-corrected chi connectivity index (χ2v) is 7.43. The maximum absolute atomic E-state index is 13.0. The topological polar surface area (TPSA) is 86.2 Å². The highest BCUT2D eigenvalue weighted by Gasteiger charge is 2.26. The molecular weight excluding hydrogens is 372 g/mol. The second-order valence-electron chi connectivity index (χ2n) is 6.11. The summed E-state index contributed by atoms with van der Waals surface area (Å²) in [5.74, 6) is 0.336. The summed E-state index contributed by atoms with van der Waals surface area (Å²) in [5, 5.41) is 12.5. The van der Waals surface area contributed by atoms with Crippen molar-refractivity contribution in [3.05, 3.63) is 59.7 Å². The fraction of sp³-hybridized carbons (Fsp3) is 0.333. The van der Waals surface area contributed by atoms with Gasteiger partial charge in [-0.2, -0.15) is 5.26 Å². The number of thioether (sulfide) groups is 1. The minimum Gasteiger partial charge on any atom is -0.496 e. The van der Waals surface area contributed by atoms with Crippen molar-refractivity contribution in [3.63, 3.8) is 0 Å². The summed E-state index contributed by atoms with van der Waals surface area (Å²) in [4.78, 5) is 13.0. The molecule has 1 aromatic rings. The molecule has 2 atom stereocenters. The van der Waals surface area contributed by atoms with Gasteiger partial charge in [0, 0.05) is 11.1 Å². The highest BCUT2D eigenvalue weighted by atomic mass is 32.2. The normalized spacial score (nSPS) is 19.8. The third kappa shape index (κ3) is 5.26. The molecule has 0 radical (unpaired) electrons. The van der Waals surface area contributed by atoms with Crippen LogP contribution in [0.4, 0.5) is 0 Å². The van der Waals surface area contributed by atoms with Crippen LogP contribution in [0.1, 0.15) is 37.8 Å². The summed E-state index contributed by atoms with van der Waals surface area (Å²) in [6, 6.07) is 7.22. The smallest absolute Gasteiger partial charge is 0.253 e. The van der Waals surface area contributed by atoms with Crippen LogP contribution in [-0.4, -0.2) is 23.9 Å². The highest BCUT2D eigenvalue weighted by Crippen LogP contribution is 2.31. The van der Waals surface area contributed by atoms with E-state index in [0.717, 1.165) is 12.8 Å². The van der Waals surface area contributed by atoms with Crippen molar-refractivity contribution < 1.29 is 9.53 Å². The number of methoxy groups -OCH3 is 1. The lowest BCUT2D eigenvalue weighted by atomic mass is 9.96. The molecule has 0 aromatic heterocycles. The van der Waals surface area contributed by atoms with E-state index in [9.17, 15) is 10.1 Å². The Morgan fingerprint density at radius 2 is 2.25 bits per heavy atom. The quantitative estimate of drug-likeness (QED) is 0.459. The minimum atomic E-state index is -0.235. The van der Waals surface area contributed by atoms with Crippen LogP contribution in [0.2, 0.25) is 0 Å². The summed E-state index contributed by atoms with van der Waals surface area (Å²) < 4.78 is 5.44. The number of nitrogens with one attached hydrogen (secondary N) is 3. The first-order chi connectivity index (χ1) is 13.6. The number of hydrogen-bond donors (Lipinski definition) is 3. The molecule has 28 heavy (non-hydrogen) atoms. The standard InChI is InChI=1S/C21H26N4O2S/c1-5-8-16(20(26)23-21-25-24-19(28-21)9-6-2)15(7-3)17-12-14(13-22)10-11-18(17)27-4/h5,7-8,10-12,19,21,24-25H,3,6,9H2,1-2,4H3,(H,23,26)/b8-5-,16-15-/t19-,21?/m1/s1. The van der Waals surface area contributed by atoms with Crippen LogP contribution < -0.4 is 20.9 Å². The molecule has 7 heteroatoms. The first-order valence-corrected chi connectivity index (χ1v) is 10.1. The molecular formula is C21H26N4O2S. The molecule has 0 spiro atoms. The second kappa shape index (κ2) is 10.7. The molecule has 1 aliphatic rings. The van der Waals surface area contributed by atoms with Crippen molar-refractivity contribution in [2.45, 2.75) is 37.6 Å². The number of nitrogens with zero attached hydrogens (tertiary/aromatic N) is 1. The Labute approximate surface area is 170 Å². The molecule has 2 rings (SSSR count). The van der Waals surface area contributed by atoms with Crippen LogP contribution >= 0.6 is 11.8 Å². The number of rotatable bonds is 8. The maximum Gasteiger partial charge on any atom is 0.253 e. The molecule has 1 saturated heterocycles. The van der Waals surface area contributed by atoms with Crippen LogP contribution in [0.25, 0.3) is 5.57 Å². The van der Waals surface area contributed by atoms with E-state index in [2.05, 4.69) is 35.7 Å². The number of ether oxygens (including phenoxy) is 1. The van der Waals surface area contributed by atoms with Crippen LogP contribution in [0.3, 0.4) is 0 Å². The number of nitriles is 1. The predicted molar refractivity (Wildman–Crippen MR) is 114 cm³/mol. The zero-order chi connectivity index (χ0) is 20.5. The summed E-state index contributed by atoms with van der Waals surface area (Å²) in [7, 11) is 1.56. The number of hydrazine groups is 1. The van der Waals surface area contributed by atoms with Gasteiger partial charge in [-0.25, -0.2) is 10.9 Å². The molecule has 1 heterocycles. The Balaban J connectivity index is 2.38. The van der Waals surface area contributed by atoms with Crippen LogP contribution in [0, 0.1) is 11.3 Å². The fourth-order valence-electron chi connectivity index (χ4n) is 2.88. The Morgan fingerprint density at radius 1 is 1.46 bits per heavy atom. The molecule has 0 saturated carbocycles. The van der Waals surface area contributed by atoms with Crippen molar-refractivity contribution in [1.82, 2.24) is 16.2 Å². The van der Waals surface area contributed by atoms with E-state index in [4.69, 9.17) is 4.74 Å². The molecule has 0 aliphatic carbocycles. The van der Waals surface area contributed by atoms with E-state index in [1.807, 2.05) is 6.92 Å². The summed E-state index contributed by atoms with van der Waals surface area (Å²) in [6.07, 6.45) is 7.22. The summed E-state index contributed by atoms with van der Waals surface area (Å²) in [5.41, 5.74) is 8.23. The number of amides is 1. The zero-order valence-electron chi connectivity index (χ0n) is 16.4. The van der Waals surface area contributed by atoms with Gasteiger partial charge < -0.3 is 10.1 Å². The van der Waals surface area contributed by atoms with Crippen molar-refractivity contribution in [3.8, 4) is 11.8 Å². The monoisotopic (exact) mass is 398 g/mol. The van der Waals surface area contributed by atoms with Crippen LogP contribution in [-0.2, 0) is 4.79 Å². The molecule has 1 amide bonds. The van der Waals surface area contributed by atoms with Gasteiger partial charge in [0.25, 0.3) is 5.91 Å². The lowest BCUT2D eigenvalue weighted by Gasteiger charge is -2.16. The van der Waals surface area contributed by atoms with Gasteiger partial charge in [0.2, 0.25) is 0 Å². The SMILES string of the molecule is C=C/C(=C(\C=C/C)C(=O)NC1NN[C@@H](CCC)S1)c1cc(C#N)ccc1OC. The van der Waals surface area contributed by atoms with Crippen LogP contribution in [0.5, 0.6) is 5.75 Å². The molecule has 1 fully saturated rings. The maximum atomic E-state index is 13.0. The largest absolute Gasteiger partial charge is 0.496 e. The molecule has 148 valence electrons. The van der Waals surface area contributed by atoms with Crippen molar-refractivity contribution in [1.29, 1.82) is 5.26 Å². The highest BCUT2D eigenvalue weighted by molar-refractivity contribution is 8.00. The number of carbonyl (C=O) groups excluding carboxylic acids is 1. The molecule has 1 aromatic carbocycles. The van der Waals surface area contributed by atoms with Crippen molar-refractivity contribution in [2.75, 3.05) is 7.11 Å². The summed E-state index contributed by atoms with van der Waals surface area (Å²) in [6.45, 7) is 7.85. The fourth-order valence-corrected chi connectivity index (χ4v) is 4.03. The van der Waals surface area contributed by atoms with Gasteiger partial charge in [-0.15, -0.1) is 0 Å². The van der Waals surface area contributed by atoms with Crippen molar-refractivity contribution in [2.24, 2.45) is 0 Å². The summed E-state index contributed by atoms with van der Waals surface area (Å²) >= 11 is 1.63. The van der Waals surface area contributed by atoms with E-state index in [1.165, 1.54) is 0 Å². The Morgan fingerprint density at radius 3 is 2.86 bits per heavy atom. The lowest BCUT2D eigenvalue weighted by Crippen LogP contribution is -2.44. The minimum absolute atomic E-state index is 0.234. The van der Waals surface area contributed by atoms with Gasteiger partial charge in [-0.3, -0.25) is 4.79 Å². The molecule has 1 unspecified atom stereocenters. The number of hydrogen-bond acceptors (Lipinski definition) is 6. The van der Waals surface area contributed by atoms with Crippen molar-refractivity contribution >= 4 is 23.2 Å².